The van der Waals surface area contributed by atoms with Crippen LogP contribution >= 0.6 is 0 Å². The molecule has 0 aliphatic rings. The average Bonchev–Trinajstić information content (AvgIpc) is 2.33. The number of carbonyl (C=O) groups is 2. The first kappa shape index (κ1) is 18.8. The largest absolute Gasteiger partial charge is 0.444 e. The molecule has 0 bridgehead atoms. The summed E-state index contributed by atoms with van der Waals surface area (Å²) in [5, 5.41) is 36.6. The Morgan fingerprint density at radius 1 is 1.20 bits per heavy atom. The number of hydrogen-bond donors (Lipinski definition) is 4. The molecule has 0 aliphatic heterocycles. The lowest BCUT2D eigenvalue weighted by Crippen LogP contribution is -2.48. The van der Waals surface area contributed by atoms with Crippen molar-refractivity contribution in [3.05, 3.63) is 0 Å². The van der Waals surface area contributed by atoms with Crippen molar-refractivity contribution >= 4 is 11.9 Å². The molecular formula is C12H23NO7. The fourth-order valence-corrected chi connectivity index (χ4v) is 1.24. The smallest absolute Gasteiger partial charge is 0.410 e. The van der Waals surface area contributed by atoms with Crippen molar-refractivity contribution in [2.75, 3.05) is 20.2 Å². The topological polar surface area (TPSA) is 128 Å². The van der Waals surface area contributed by atoms with Gasteiger partial charge in [-0.3, -0.25) is 4.79 Å². The predicted molar refractivity (Wildman–Crippen MR) is 69.0 cm³/mol. The summed E-state index contributed by atoms with van der Waals surface area (Å²) in [6, 6.07) is 0. The molecule has 0 aromatic carbocycles. The molecule has 0 aliphatic carbocycles. The molecular weight excluding hydrogens is 270 g/mol. The molecule has 0 fully saturated rings. The molecule has 0 rings (SSSR count). The van der Waals surface area contributed by atoms with E-state index >= 15 is 0 Å². The zero-order chi connectivity index (χ0) is 16.1. The number of carbonyl (C=O) groups excluding carboxylic acids is 2. The molecule has 8 heteroatoms. The number of amides is 1. The molecule has 1 unspecified atom stereocenters. The fraction of sp³-hybridized carbons (Fsp3) is 0.833. The molecule has 0 spiro atoms. The Kier molecular flexibility index (Phi) is 7.07. The van der Waals surface area contributed by atoms with Crippen LogP contribution in [0, 0.1) is 0 Å². The lowest BCUT2D eigenvalue weighted by atomic mass is 10.0. The van der Waals surface area contributed by atoms with Crippen LogP contribution < -0.4 is 0 Å². The first-order valence-electron chi connectivity index (χ1n) is 6.11. The van der Waals surface area contributed by atoms with E-state index in [1.807, 2.05) is 0 Å². The molecule has 3 atom stereocenters. The Labute approximate surface area is 117 Å². The van der Waals surface area contributed by atoms with Crippen LogP contribution in [0.2, 0.25) is 0 Å². The van der Waals surface area contributed by atoms with Crippen LogP contribution in [0.5, 0.6) is 0 Å². The first-order chi connectivity index (χ1) is 8.99. The van der Waals surface area contributed by atoms with E-state index < -0.39 is 48.9 Å². The van der Waals surface area contributed by atoms with Gasteiger partial charge in [0.1, 0.15) is 23.9 Å². The lowest BCUT2D eigenvalue weighted by Gasteiger charge is -2.26. The molecule has 0 radical (unpaired) electrons. The Bertz CT molecular complexity index is 339. The molecule has 8 nitrogen and oxygen atoms in total. The van der Waals surface area contributed by atoms with Gasteiger partial charge in [0, 0.05) is 7.05 Å². The van der Waals surface area contributed by atoms with E-state index in [0.717, 1.165) is 4.90 Å². The molecule has 0 saturated heterocycles. The SMILES string of the molecule is CN(CC(=O)[C@@H](O)[C@H](O)C(O)CO)C(=O)OC(C)(C)C. The monoisotopic (exact) mass is 293 g/mol. The number of likely N-dealkylation sites (N-methyl/N-ethyl adjacent to an activating group) is 1. The number of ether oxygens (including phenoxy) is 1. The summed E-state index contributed by atoms with van der Waals surface area (Å²) < 4.78 is 5.01. The predicted octanol–water partition coefficient (Wildman–Crippen LogP) is -1.50. The fourth-order valence-electron chi connectivity index (χ4n) is 1.24. The van der Waals surface area contributed by atoms with Crippen molar-refractivity contribution in [1.82, 2.24) is 4.90 Å². The number of Topliss-reactive ketones (excluding diaryl/α,β-unsaturated/α-hetero) is 1. The van der Waals surface area contributed by atoms with Crippen LogP contribution in [0.4, 0.5) is 4.79 Å². The third-order valence-electron chi connectivity index (χ3n) is 2.33. The van der Waals surface area contributed by atoms with Gasteiger partial charge in [0.05, 0.1) is 13.2 Å². The second kappa shape index (κ2) is 7.53. The molecule has 20 heavy (non-hydrogen) atoms. The molecule has 1 amide bonds. The van der Waals surface area contributed by atoms with E-state index in [2.05, 4.69) is 0 Å². The Balaban J connectivity index is 4.49. The number of aliphatic hydroxyl groups is 4. The number of hydrogen-bond acceptors (Lipinski definition) is 7. The summed E-state index contributed by atoms with van der Waals surface area (Å²) in [5.41, 5.74) is -0.723. The van der Waals surface area contributed by atoms with Crippen molar-refractivity contribution in [2.24, 2.45) is 0 Å². The zero-order valence-electron chi connectivity index (χ0n) is 12.1. The van der Waals surface area contributed by atoms with Gasteiger partial charge < -0.3 is 30.1 Å². The van der Waals surface area contributed by atoms with Crippen LogP contribution in [0.15, 0.2) is 0 Å². The summed E-state index contributed by atoms with van der Waals surface area (Å²) in [5.74, 6) is -0.877. The summed E-state index contributed by atoms with van der Waals surface area (Å²) >= 11 is 0. The van der Waals surface area contributed by atoms with Gasteiger partial charge in [-0.15, -0.1) is 0 Å². The van der Waals surface area contributed by atoms with Crippen molar-refractivity contribution in [1.29, 1.82) is 0 Å². The van der Waals surface area contributed by atoms with Crippen molar-refractivity contribution in [2.45, 2.75) is 44.7 Å². The van der Waals surface area contributed by atoms with E-state index in [4.69, 9.17) is 14.9 Å². The quantitative estimate of drug-likeness (QED) is 0.469. The molecule has 0 aromatic heterocycles. The number of nitrogens with zero attached hydrogens (tertiary/aromatic N) is 1. The van der Waals surface area contributed by atoms with Crippen molar-refractivity contribution < 1.29 is 34.8 Å². The molecule has 118 valence electrons. The van der Waals surface area contributed by atoms with Crippen LogP contribution in [0.3, 0.4) is 0 Å². The number of ketones is 1. The minimum atomic E-state index is -1.90. The standard InChI is InChI=1S/C12H23NO7/c1-12(2,3)20-11(19)13(4)5-7(15)9(17)10(18)8(16)6-14/h8-10,14,16-18H,5-6H2,1-4H3/t8?,9-,10-/m1/s1. The number of aliphatic hydroxyl groups excluding tert-OH is 4. The van der Waals surface area contributed by atoms with Crippen LogP contribution in [0.1, 0.15) is 20.8 Å². The highest BCUT2D eigenvalue weighted by atomic mass is 16.6. The van der Waals surface area contributed by atoms with Gasteiger partial charge in [-0.05, 0) is 20.8 Å². The minimum absolute atomic E-state index is 0.495. The maximum atomic E-state index is 11.6. The van der Waals surface area contributed by atoms with E-state index in [-0.39, 0.29) is 0 Å². The summed E-state index contributed by atoms with van der Waals surface area (Å²) in [6.07, 6.45) is -6.11. The first-order valence-corrected chi connectivity index (χ1v) is 6.11. The Hall–Kier alpha value is -1.22. The highest BCUT2D eigenvalue weighted by molar-refractivity contribution is 5.87. The van der Waals surface area contributed by atoms with Crippen molar-refractivity contribution in [3.63, 3.8) is 0 Å². The van der Waals surface area contributed by atoms with Gasteiger partial charge in [0.15, 0.2) is 5.78 Å². The number of rotatable bonds is 6. The van der Waals surface area contributed by atoms with E-state index in [9.17, 15) is 19.8 Å². The summed E-state index contributed by atoms with van der Waals surface area (Å²) in [6.45, 7) is 3.70. The molecule has 0 aromatic rings. The average molecular weight is 293 g/mol. The maximum absolute atomic E-state index is 11.6. The van der Waals surface area contributed by atoms with Crippen LogP contribution in [-0.4, -0.2) is 81.3 Å². The van der Waals surface area contributed by atoms with E-state index in [1.54, 1.807) is 20.8 Å². The molecule has 0 saturated carbocycles. The van der Waals surface area contributed by atoms with Crippen LogP contribution in [0.25, 0.3) is 0 Å². The van der Waals surface area contributed by atoms with Gasteiger partial charge in [-0.25, -0.2) is 4.79 Å². The van der Waals surface area contributed by atoms with Gasteiger partial charge in [-0.2, -0.15) is 0 Å². The van der Waals surface area contributed by atoms with Gasteiger partial charge in [0.25, 0.3) is 0 Å². The molecule has 4 N–H and O–H groups in total. The van der Waals surface area contributed by atoms with Gasteiger partial charge in [-0.1, -0.05) is 0 Å². The highest BCUT2D eigenvalue weighted by Gasteiger charge is 2.31. The van der Waals surface area contributed by atoms with Gasteiger partial charge in [0.2, 0.25) is 0 Å². The third kappa shape index (κ3) is 6.29. The Morgan fingerprint density at radius 2 is 1.70 bits per heavy atom. The second-order valence-corrected chi connectivity index (χ2v) is 5.49. The summed E-state index contributed by atoms with van der Waals surface area (Å²) in [7, 11) is 1.30. The lowest BCUT2D eigenvalue weighted by molar-refractivity contribution is -0.140. The van der Waals surface area contributed by atoms with E-state index in [0.29, 0.717) is 0 Å². The maximum Gasteiger partial charge on any atom is 0.410 e. The highest BCUT2D eigenvalue weighted by Crippen LogP contribution is 2.09. The summed E-state index contributed by atoms with van der Waals surface area (Å²) in [4.78, 5) is 24.2. The van der Waals surface area contributed by atoms with Crippen LogP contribution in [-0.2, 0) is 9.53 Å². The Morgan fingerprint density at radius 3 is 2.10 bits per heavy atom. The van der Waals surface area contributed by atoms with E-state index in [1.165, 1.54) is 7.05 Å². The minimum Gasteiger partial charge on any atom is -0.444 e. The zero-order valence-corrected chi connectivity index (χ0v) is 12.1. The molecule has 0 heterocycles. The van der Waals surface area contributed by atoms with Crippen molar-refractivity contribution in [3.8, 4) is 0 Å². The third-order valence-corrected chi connectivity index (χ3v) is 2.33. The van der Waals surface area contributed by atoms with Gasteiger partial charge >= 0.3 is 6.09 Å². The normalized spacial score (nSPS) is 16.2. The second-order valence-electron chi connectivity index (χ2n) is 5.49.